The number of aromatic nitrogens is 1. The van der Waals surface area contributed by atoms with Crippen LogP contribution < -0.4 is 20.7 Å². The molecule has 0 bridgehead atoms. The SMILES string of the molecule is O=C(NCc1ccncc1)Nc1ccc(C(=O)NCc2ccccc2OC(F)(F)F)cc1. The number of hydrogen-bond acceptors (Lipinski definition) is 4. The number of para-hydroxylation sites is 1. The smallest absolute Gasteiger partial charge is 0.405 e. The van der Waals surface area contributed by atoms with Crippen LogP contribution in [-0.2, 0) is 13.1 Å². The summed E-state index contributed by atoms with van der Waals surface area (Å²) < 4.78 is 41.5. The van der Waals surface area contributed by atoms with Crippen LogP contribution >= 0.6 is 0 Å². The van der Waals surface area contributed by atoms with Crippen LogP contribution in [0.4, 0.5) is 23.7 Å². The molecular formula is C22H19F3N4O3. The van der Waals surface area contributed by atoms with E-state index in [-0.39, 0.29) is 23.4 Å². The first-order valence-corrected chi connectivity index (χ1v) is 9.46. The molecule has 0 saturated heterocycles. The van der Waals surface area contributed by atoms with Crippen molar-refractivity contribution in [1.82, 2.24) is 15.6 Å². The number of amides is 3. The zero-order chi connectivity index (χ0) is 23.0. The Morgan fingerprint density at radius 2 is 1.56 bits per heavy atom. The maximum Gasteiger partial charge on any atom is 0.573 e. The molecule has 0 aliphatic rings. The van der Waals surface area contributed by atoms with Crippen LogP contribution in [0.25, 0.3) is 0 Å². The molecule has 166 valence electrons. The molecule has 0 unspecified atom stereocenters. The molecular weight excluding hydrogens is 425 g/mol. The number of carbonyl (C=O) groups is 2. The number of hydrogen-bond donors (Lipinski definition) is 3. The number of pyridine rings is 1. The summed E-state index contributed by atoms with van der Waals surface area (Å²) >= 11 is 0. The normalized spacial score (nSPS) is 10.8. The largest absolute Gasteiger partial charge is 0.573 e. The Morgan fingerprint density at radius 1 is 0.875 bits per heavy atom. The van der Waals surface area contributed by atoms with Crippen LogP contribution in [0.1, 0.15) is 21.5 Å². The summed E-state index contributed by atoms with van der Waals surface area (Å²) in [6, 6.07) is 14.8. The van der Waals surface area contributed by atoms with Crippen LogP contribution in [0.15, 0.2) is 73.1 Å². The third-order valence-electron chi connectivity index (χ3n) is 4.25. The van der Waals surface area contributed by atoms with Crippen molar-refractivity contribution in [3.05, 3.63) is 89.7 Å². The molecule has 10 heteroatoms. The molecule has 0 saturated carbocycles. The van der Waals surface area contributed by atoms with Crippen LogP contribution in [0.5, 0.6) is 5.75 Å². The van der Waals surface area contributed by atoms with Gasteiger partial charge in [0.25, 0.3) is 5.91 Å². The fraction of sp³-hybridized carbons (Fsp3) is 0.136. The summed E-state index contributed by atoms with van der Waals surface area (Å²) in [5.41, 5.74) is 1.83. The molecule has 0 fully saturated rings. The average Bonchev–Trinajstić information content (AvgIpc) is 2.77. The molecule has 3 aromatic rings. The third-order valence-corrected chi connectivity index (χ3v) is 4.25. The molecule has 2 aromatic carbocycles. The maximum absolute atomic E-state index is 12.5. The van der Waals surface area contributed by atoms with Gasteiger partial charge in [0, 0.05) is 42.3 Å². The van der Waals surface area contributed by atoms with Crippen LogP contribution in [-0.4, -0.2) is 23.3 Å². The van der Waals surface area contributed by atoms with E-state index in [0.29, 0.717) is 12.2 Å². The minimum absolute atomic E-state index is 0.150. The van der Waals surface area contributed by atoms with Gasteiger partial charge in [-0.2, -0.15) is 0 Å². The number of nitrogens with one attached hydrogen (secondary N) is 3. The van der Waals surface area contributed by atoms with E-state index in [1.54, 1.807) is 42.7 Å². The van der Waals surface area contributed by atoms with E-state index in [1.807, 2.05) is 0 Å². The lowest BCUT2D eigenvalue weighted by Crippen LogP contribution is -2.28. The summed E-state index contributed by atoms with van der Waals surface area (Å²) in [6.07, 6.45) is -1.57. The predicted octanol–water partition coefficient (Wildman–Crippen LogP) is 4.23. The summed E-state index contributed by atoms with van der Waals surface area (Å²) in [7, 11) is 0. The highest BCUT2D eigenvalue weighted by atomic mass is 19.4. The van der Waals surface area contributed by atoms with Crippen LogP contribution in [0.2, 0.25) is 0 Å². The summed E-state index contributed by atoms with van der Waals surface area (Å²) in [4.78, 5) is 28.2. The van der Waals surface area contributed by atoms with Crippen molar-refractivity contribution in [3.63, 3.8) is 0 Å². The molecule has 0 aliphatic carbocycles. The number of nitrogens with zero attached hydrogens (tertiary/aromatic N) is 1. The Bertz CT molecular complexity index is 1060. The molecule has 0 atom stereocenters. The summed E-state index contributed by atoms with van der Waals surface area (Å²) in [5.74, 6) is -0.863. The minimum atomic E-state index is -4.83. The number of ether oxygens (including phenoxy) is 1. The molecule has 32 heavy (non-hydrogen) atoms. The number of anilines is 1. The van der Waals surface area contributed by atoms with Gasteiger partial charge in [-0.15, -0.1) is 13.2 Å². The van der Waals surface area contributed by atoms with E-state index < -0.39 is 18.3 Å². The van der Waals surface area contributed by atoms with E-state index in [1.165, 1.54) is 30.3 Å². The minimum Gasteiger partial charge on any atom is -0.405 e. The highest BCUT2D eigenvalue weighted by molar-refractivity contribution is 5.95. The van der Waals surface area contributed by atoms with Gasteiger partial charge >= 0.3 is 12.4 Å². The standard InChI is InChI=1S/C22H19F3N4O3/c23-22(24,25)32-19-4-2-1-3-17(19)14-27-20(30)16-5-7-18(8-6-16)29-21(31)28-13-15-9-11-26-12-10-15/h1-12H,13-14H2,(H,27,30)(H2,28,29,31). The molecule has 3 rings (SSSR count). The topological polar surface area (TPSA) is 92.4 Å². The molecule has 1 aromatic heterocycles. The number of carbonyl (C=O) groups excluding carboxylic acids is 2. The zero-order valence-electron chi connectivity index (χ0n) is 16.6. The highest BCUT2D eigenvalue weighted by Crippen LogP contribution is 2.26. The van der Waals surface area contributed by atoms with Gasteiger partial charge in [-0.05, 0) is 48.0 Å². The van der Waals surface area contributed by atoms with Gasteiger partial charge in [-0.1, -0.05) is 18.2 Å². The van der Waals surface area contributed by atoms with Crippen molar-refractivity contribution in [2.24, 2.45) is 0 Å². The Labute approximate surface area is 181 Å². The highest BCUT2D eigenvalue weighted by Gasteiger charge is 2.32. The van der Waals surface area contributed by atoms with Gasteiger partial charge in [0.2, 0.25) is 0 Å². The Kier molecular flexibility index (Phi) is 7.27. The van der Waals surface area contributed by atoms with Gasteiger partial charge in [0.15, 0.2) is 0 Å². The Morgan fingerprint density at radius 3 is 2.25 bits per heavy atom. The summed E-state index contributed by atoms with van der Waals surface area (Å²) in [5, 5.41) is 7.89. The molecule has 3 amide bonds. The van der Waals surface area contributed by atoms with Gasteiger partial charge in [0.05, 0.1) is 0 Å². The molecule has 1 heterocycles. The average molecular weight is 444 g/mol. The van der Waals surface area contributed by atoms with Crippen LogP contribution in [0, 0.1) is 0 Å². The van der Waals surface area contributed by atoms with Crippen molar-refractivity contribution < 1.29 is 27.5 Å². The van der Waals surface area contributed by atoms with Gasteiger partial charge < -0.3 is 20.7 Å². The molecule has 7 nitrogen and oxygen atoms in total. The Balaban J connectivity index is 1.51. The number of alkyl halides is 3. The zero-order valence-corrected chi connectivity index (χ0v) is 16.6. The number of urea groups is 1. The first-order valence-electron chi connectivity index (χ1n) is 9.46. The molecule has 0 spiro atoms. The lowest BCUT2D eigenvalue weighted by atomic mass is 10.1. The van der Waals surface area contributed by atoms with Gasteiger partial charge in [-0.3, -0.25) is 9.78 Å². The Hall–Kier alpha value is -4.08. The maximum atomic E-state index is 12.5. The third kappa shape index (κ3) is 7.01. The van der Waals surface area contributed by atoms with Crippen molar-refractivity contribution in [2.75, 3.05) is 5.32 Å². The fourth-order valence-corrected chi connectivity index (χ4v) is 2.71. The van der Waals surface area contributed by atoms with E-state index in [0.717, 1.165) is 5.56 Å². The number of rotatable bonds is 7. The lowest BCUT2D eigenvalue weighted by Gasteiger charge is -2.13. The van der Waals surface area contributed by atoms with Crippen molar-refractivity contribution in [3.8, 4) is 5.75 Å². The first kappa shape index (κ1) is 22.6. The quantitative estimate of drug-likeness (QED) is 0.509. The second kappa shape index (κ2) is 10.3. The second-order valence-corrected chi connectivity index (χ2v) is 6.58. The second-order valence-electron chi connectivity index (χ2n) is 6.58. The molecule has 0 radical (unpaired) electrons. The van der Waals surface area contributed by atoms with Crippen LogP contribution in [0.3, 0.4) is 0 Å². The van der Waals surface area contributed by atoms with Crippen molar-refractivity contribution >= 4 is 17.6 Å². The van der Waals surface area contributed by atoms with E-state index in [9.17, 15) is 22.8 Å². The van der Waals surface area contributed by atoms with E-state index in [4.69, 9.17) is 0 Å². The van der Waals surface area contributed by atoms with Crippen molar-refractivity contribution in [2.45, 2.75) is 19.5 Å². The molecule has 3 N–H and O–H groups in total. The van der Waals surface area contributed by atoms with Gasteiger partial charge in [-0.25, -0.2) is 4.79 Å². The fourth-order valence-electron chi connectivity index (χ4n) is 2.71. The monoisotopic (exact) mass is 444 g/mol. The van der Waals surface area contributed by atoms with E-state index >= 15 is 0 Å². The first-order chi connectivity index (χ1) is 15.3. The number of halogens is 3. The van der Waals surface area contributed by atoms with Crippen molar-refractivity contribution in [1.29, 1.82) is 0 Å². The number of benzene rings is 2. The summed E-state index contributed by atoms with van der Waals surface area (Å²) in [6.45, 7) is 0.177. The van der Waals surface area contributed by atoms with Gasteiger partial charge in [0.1, 0.15) is 5.75 Å². The molecule has 0 aliphatic heterocycles. The lowest BCUT2D eigenvalue weighted by molar-refractivity contribution is -0.274. The predicted molar refractivity (Wildman–Crippen MR) is 111 cm³/mol. The van der Waals surface area contributed by atoms with E-state index in [2.05, 4.69) is 25.7 Å².